The van der Waals surface area contributed by atoms with Gasteiger partial charge in [-0.25, -0.2) is 0 Å². The number of hydrogen-bond donors (Lipinski definition) is 0. The fourth-order valence-electron chi connectivity index (χ4n) is 11.2. The lowest BCUT2D eigenvalue weighted by Crippen LogP contribution is -2.57. The molecule has 2 nitrogen and oxygen atoms in total. The van der Waals surface area contributed by atoms with Crippen LogP contribution in [0.5, 0.6) is 0 Å². The van der Waals surface area contributed by atoms with Crippen molar-refractivity contribution in [2.24, 2.45) is 0 Å². The Morgan fingerprint density at radius 2 is 0.793 bits per heavy atom. The van der Waals surface area contributed by atoms with Crippen LogP contribution in [-0.2, 0) is 0 Å². The quantitative estimate of drug-likeness (QED) is 0.126. The van der Waals surface area contributed by atoms with Gasteiger partial charge in [0.25, 0.3) is 0 Å². The molecule has 0 atom stereocenters. The van der Waals surface area contributed by atoms with Crippen LogP contribution in [0.3, 0.4) is 0 Å². The summed E-state index contributed by atoms with van der Waals surface area (Å²) in [4.78, 5) is 0. The Morgan fingerprint density at radius 3 is 1.34 bits per heavy atom. The second-order valence-corrected chi connectivity index (χ2v) is 16.6. The van der Waals surface area contributed by atoms with Gasteiger partial charge in [-0.3, -0.25) is 0 Å². The molecule has 0 radical (unpaired) electrons. The topological polar surface area (TPSA) is 9.86 Å². The van der Waals surface area contributed by atoms with Gasteiger partial charge in [0.2, 0.25) is 6.71 Å². The predicted molar refractivity (Wildman–Crippen MR) is 250 cm³/mol. The molecular formula is C55H37BN2. The largest absolute Gasteiger partial charge is 0.309 e. The summed E-state index contributed by atoms with van der Waals surface area (Å²) < 4.78 is 4.94. The summed E-state index contributed by atoms with van der Waals surface area (Å²) in [5, 5.41) is 13.2. The Kier molecular flexibility index (Phi) is 6.35. The highest BCUT2D eigenvalue weighted by Gasteiger charge is 2.37. The third-order valence-electron chi connectivity index (χ3n) is 13.5. The summed E-state index contributed by atoms with van der Waals surface area (Å²) in [6.07, 6.45) is 0. The average molecular weight is 737 g/mol. The van der Waals surface area contributed by atoms with Gasteiger partial charge in [-0.1, -0.05) is 154 Å². The van der Waals surface area contributed by atoms with Crippen LogP contribution >= 0.6 is 0 Å². The van der Waals surface area contributed by atoms with Crippen LogP contribution in [0.2, 0.25) is 0 Å². The molecule has 0 saturated carbocycles. The van der Waals surface area contributed by atoms with Gasteiger partial charge in [0.1, 0.15) is 0 Å². The second kappa shape index (κ2) is 11.5. The lowest BCUT2D eigenvalue weighted by Gasteiger charge is -2.32. The summed E-state index contributed by atoms with van der Waals surface area (Å²) in [5.74, 6) is 0. The van der Waals surface area contributed by atoms with Crippen molar-refractivity contribution in [3.63, 3.8) is 0 Å². The molecule has 0 bridgehead atoms. The monoisotopic (exact) mass is 736 g/mol. The molecule has 3 heterocycles. The molecular weight excluding hydrogens is 699 g/mol. The van der Waals surface area contributed by atoms with Crippen LogP contribution in [0, 0.1) is 20.8 Å². The van der Waals surface area contributed by atoms with Gasteiger partial charge in [-0.05, 0) is 113 Å². The number of para-hydroxylation sites is 4. The van der Waals surface area contributed by atoms with E-state index < -0.39 is 0 Å². The third kappa shape index (κ3) is 4.13. The zero-order valence-corrected chi connectivity index (χ0v) is 32.6. The van der Waals surface area contributed by atoms with Crippen LogP contribution in [0.25, 0.3) is 98.4 Å². The summed E-state index contributed by atoms with van der Waals surface area (Å²) in [6, 6.07) is 63.9. The number of rotatable bonds is 3. The normalized spacial score (nSPS) is 12.7. The third-order valence-corrected chi connectivity index (χ3v) is 13.5. The minimum Gasteiger partial charge on any atom is -0.309 e. The molecule has 1 aliphatic rings. The molecule has 0 saturated heterocycles. The summed E-state index contributed by atoms with van der Waals surface area (Å²) in [6.45, 7) is 7.09. The molecule has 10 aromatic carbocycles. The lowest BCUT2D eigenvalue weighted by molar-refractivity contribution is 1.16. The Morgan fingerprint density at radius 1 is 0.345 bits per heavy atom. The first kappa shape index (κ1) is 32.0. The van der Waals surface area contributed by atoms with Crippen molar-refractivity contribution >= 4 is 99.0 Å². The molecule has 0 spiro atoms. The highest BCUT2D eigenvalue weighted by Crippen LogP contribution is 2.42. The summed E-state index contributed by atoms with van der Waals surface area (Å²) in [5.41, 5.74) is 18.2. The number of aryl methyl sites for hydroxylation is 3. The molecule has 3 heteroatoms. The molecule has 2 aromatic heterocycles. The smallest absolute Gasteiger partial charge is 0.243 e. The van der Waals surface area contributed by atoms with Gasteiger partial charge in [0.15, 0.2) is 0 Å². The number of nitrogens with zero attached hydrogens (tertiary/aromatic N) is 2. The van der Waals surface area contributed by atoms with Crippen LogP contribution < -0.4 is 16.4 Å². The van der Waals surface area contributed by atoms with Crippen molar-refractivity contribution in [2.45, 2.75) is 20.8 Å². The van der Waals surface area contributed by atoms with Crippen molar-refractivity contribution in [3.05, 3.63) is 187 Å². The Bertz CT molecular complexity index is 3600. The van der Waals surface area contributed by atoms with E-state index in [-0.39, 0.29) is 6.71 Å². The molecule has 12 aromatic rings. The first-order valence-electron chi connectivity index (χ1n) is 20.5. The van der Waals surface area contributed by atoms with E-state index in [1.165, 1.54) is 132 Å². The standard InChI is InChI=1S/C55H37BN2/c1-32-27-38(57-47-19-8-4-15-40(47)41-16-5-9-20-48(41)57)28-33(2)54(32)56-46-30-37-14-12-13-35-23-24-36-25-26-44(53(46)52(36)51(35)37)45-31-39(29-34(3)55(45)56)58-49-21-10-6-17-42(49)43-18-7-11-22-50(43)58/h4-31H,1-3H3. The Hall–Kier alpha value is -7.10. The van der Waals surface area contributed by atoms with E-state index in [1.54, 1.807) is 0 Å². The maximum Gasteiger partial charge on any atom is 0.243 e. The van der Waals surface area contributed by atoms with Gasteiger partial charge >= 0.3 is 0 Å². The maximum absolute atomic E-state index is 2.53. The number of hydrogen-bond acceptors (Lipinski definition) is 0. The predicted octanol–water partition coefficient (Wildman–Crippen LogP) is 12.2. The Balaban J connectivity index is 1.13. The SMILES string of the molecule is Cc1cc(-n2c3ccccc3c3ccccc32)cc(C)c1B1c2c(C)cc(-n3c4ccccc4c4ccccc43)cc2-c2ccc3ccc4cccc5cc1c2c3c45. The fraction of sp³-hybridized carbons (Fsp3) is 0.0545. The van der Waals surface area contributed by atoms with E-state index in [9.17, 15) is 0 Å². The van der Waals surface area contributed by atoms with Crippen LogP contribution in [0.1, 0.15) is 16.7 Å². The van der Waals surface area contributed by atoms with Crippen molar-refractivity contribution < 1.29 is 0 Å². The average Bonchev–Trinajstić information content (AvgIpc) is 3.77. The lowest BCUT2D eigenvalue weighted by atomic mass is 9.32. The molecule has 0 aliphatic carbocycles. The van der Waals surface area contributed by atoms with Crippen LogP contribution in [0.15, 0.2) is 170 Å². The van der Waals surface area contributed by atoms with Crippen LogP contribution in [0.4, 0.5) is 0 Å². The van der Waals surface area contributed by atoms with Crippen molar-refractivity contribution in [1.82, 2.24) is 9.13 Å². The maximum atomic E-state index is 2.53. The molecule has 58 heavy (non-hydrogen) atoms. The fourth-order valence-corrected chi connectivity index (χ4v) is 11.2. The number of aromatic nitrogens is 2. The van der Waals surface area contributed by atoms with Crippen LogP contribution in [-0.4, -0.2) is 15.8 Å². The van der Waals surface area contributed by atoms with E-state index in [1.807, 2.05) is 0 Å². The van der Waals surface area contributed by atoms with E-state index in [0.29, 0.717) is 0 Å². The van der Waals surface area contributed by atoms with Gasteiger partial charge in [-0.2, -0.15) is 0 Å². The molecule has 0 unspecified atom stereocenters. The second-order valence-electron chi connectivity index (χ2n) is 16.6. The summed E-state index contributed by atoms with van der Waals surface area (Å²) >= 11 is 0. The molecule has 1 aliphatic heterocycles. The van der Waals surface area contributed by atoms with Crippen molar-refractivity contribution in [1.29, 1.82) is 0 Å². The zero-order valence-electron chi connectivity index (χ0n) is 32.6. The molecule has 0 fully saturated rings. The molecule has 0 N–H and O–H groups in total. The highest BCUT2D eigenvalue weighted by atomic mass is 15.0. The zero-order chi connectivity index (χ0) is 38.4. The highest BCUT2D eigenvalue weighted by molar-refractivity contribution is 6.99. The molecule has 270 valence electrons. The van der Waals surface area contributed by atoms with E-state index in [0.717, 1.165) is 0 Å². The van der Waals surface area contributed by atoms with Gasteiger partial charge in [-0.15, -0.1) is 0 Å². The van der Waals surface area contributed by atoms with E-state index >= 15 is 0 Å². The summed E-state index contributed by atoms with van der Waals surface area (Å²) in [7, 11) is 0. The Labute approximate surface area is 336 Å². The molecule has 13 rings (SSSR count). The minimum atomic E-state index is 0.0520. The van der Waals surface area contributed by atoms with E-state index in [2.05, 4.69) is 200 Å². The van der Waals surface area contributed by atoms with E-state index in [4.69, 9.17) is 0 Å². The van der Waals surface area contributed by atoms with Gasteiger partial charge in [0.05, 0.1) is 22.1 Å². The van der Waals surface area contributed by atoms with Gasteiger partial charge < -0.3 is 9.13 Å². The first-order valence-corrected chi connectivity index (χ1v) is 20.5. The van der Waals surface area contributed by atoms with Gasteiger partial charge in [0, 0.05) is 32.9 Å². The minimum absolute atomic E-state index is 0.0520. The van der Waals surface area contributed by atoms with Crippen molar-refractivity contribution in [2.75, 3.05) is 0 Å². The number of fused-ring (bicyclic) bond motifs is 8. The van der Waals surface area contributed by atoms with Crippen molar-refractivity contribution in [3.8, 4) is 22.5 Å². The first-order chi connectivity index (χ1) is 28.5. The number of benzene rings is 10. The molecule has 0 amide bonds.